The molecule has 0 unspecified atom stereocenters. The molecular weight excluding hydrogens is 1020 g/mol. The molecule has 0 atom stereocenters. The van der Waals surface area contributed by atoms with Gasteiger partial charge in [-0.25, -0.2) is 0 Å². The van der Waals surface area contributed by atoms with E-state index in [1.54, 1.807) is 83.4 Å². The van der Waals surface area contributed by atoms with Gasteiger partial charge in [-0.1, -0.05) is 124 Å². The average molecular weight is 1050 g/mol. The molecule has 10 aromatic rings. The predicted molar refractivity (Wildman–Crippen MR) is 297 cm³/mol. The van der Waals surface area contributed by atoms with Gasteiger partial charge in [-0.05, 0) is 162 Å². The van der Waals surface area contributed by atoms with E-state index in [-0.39, 0.29) is 17.1 Å². The molecular formula is C57H39N3O6S6. The zero-order valence-electron chi connectivity index (χ0n) is 38.6. The van der Waals surface area contributed by atoms with Crippen molar-refractivity contribution in [2.75, 3.05) is 0 Å². The lowest BCUT2D eigenvalue weighted by Gasteiger charge is -2.20. The number of aryl methyl sites for hydroxylation is 3. The van der Waals surface area contributed by atoms with Crippen molar-refractivity contribution in [3.8, 4) is 0 Å². The number of rotatable bonds is 15. The van der Waals surface area contributed by atoms with Crippen LogP contribution in [0.4, 0.5) is 17.1 Å². The molecule has 0 aliphatic carbocycles. The van der Waals surface area contributed by atoms with Gasteiger partial charge in [-0.15, -0.1) is 0 Å². The fourth-order valence-corrected chi connectivity index (χ4v) is 13.9. The van der Waals surface area contributed by atoms with Gasteiger partial charge in [0.05, 0.1) is 14.8 Å². The highest BCUT2D eigenvalue weighted by Crippen LogP contribution is 2.51. The maximum absolute atomic E-state index is 11.7. The van der Waals surface area contributed by atoms with Crippen molar-refractivity contribution in [1.82, 2.24) is 0 Å². The Morgan fingerprint density at radius 3 is 0.569 bits per heavy atom. The first-order chi connectivity index (χ1) is 34.8. The Labute approximate surface area is 440 Å². The van der Waals surface area contributed by atoms with Crippen LogP contribution in [0.5, 0.6) is 0 Å². The van der Waals surface area contributed by atoms with Crippen LogP contribution in [0.3, 0.4) is 0 Å². The molecule has 0 heterocycles. The topological polar surface area (TPSA) is 129 Å². The van der Waals surface area contributed by atoms with Crippen LogP contribution in [-0.4, -0.2) is 14.8 Å². The molecule has 0 radical (unpaired) electrons. The lowest BCUT2D eigenvalue weighted by Crippen LogP contribution is -1.92. The Hall–Kier alpha value is -6.72. The fourth-order valence-electron chi connectivity index (χ4n) is 7.98. The predicted octanol–water partition coefficient (Wildman–Crippen LogP) is 18.7. The minimum absolute atomic E-state index is 0.00367. The third kappa shape index (κ3) is 11.0. The standard InChI is InChI=1S/C57H39N3O6S6/c1-34-4-16-40(17-5-34)67-52-28-46-47(29-53(52)68-41-18-6-35(2)7-19-41)50-32-56(71-44-24-12-38(13-25-44)59(63)64)57(72-45-26-14-39(15-27-45)60(65)66)33-51(50)49-31-55(70-43-22-10-37(11-23-43)58(61)62)54(30-48(46)49)69-42-20-8-36(3)9-21-42/h4-33H,1-3H3. The normalized spacial score (nSPS) is 11.4. The van der Waals surface area contributed by atoms with E-state index < -0.39 is 14.8 Å². The molecule has 0 saturated carbocycles. The van der Waals surface area contributed by atoms with Gasteiger partial charge in [0.25, 0.3) is 17.1 Å². The highest BCUT2D eigenvalue weighted by Gasteiger charge is 2.21. The van der Waals surface area contributed by atoms with E-state index in [0.29, 0.717) is 0 Å². The highest BCUT2D eigenvalue weighted by molar-refractivity contribution is 8.03. The van der Waals surface area contributed by atoms with Crippen LogP contribution in [0.25, 0.3) is 32.3 Å². The summed E-state index contributed by atoms with van der Waals surface area (Å²) in [5, 5.41) is 41.2. The molecule has 0 bridgehead atoms. The number of non-ortho nitro benzene ring substituents is 3. The molecule has 15 heteroatoms. The molecule has 72 heavy (non-hydrogen) atoms. The molecule has 9 nitrogen and oxygen atoms in total. The van der Waals surface area contributed by atoms with Crippen LogP contribution in [0.15, 0.2) is 241 Å². The zero-order chi connectivity index (χ0) is 50.0. The van der Waals surface area contributed by atoms with E-state index in [9.17, 15) is 30.3 Å². The number of nitro benzene ring substituents is 3. The Bertz CT molecular complexity index is 3710. The van der Waals surface area contributed by atoms with Crippen LogP contribution in [0.1, 0.15) is 16.7 Å². The maximum Gasteiger partial charge on any atom is 0.269 e. The van der Waals surface area contributed by atoms with Gasteiger partial charge in [-0.3, -0.25) is 30.3 Å². The number of nitrogens with zero attached hydrogens (tertiary/aromatic N) is 3. The molecule has 0 amide bonds. The summed E-state index contributed by atoms with van der Waals surface area (Å²) in [7, 11) is 0. The van der Waals surface area contributed by atoms with Crippen LogP contribution >= 0.6 is 70.6 Å². The molecule has 10 aromatic carbocycles. The van der Waals surface area contributed by atoms with E-state index in [1.807, 2.05) is 0 Å². The maximum atomic E-state index is 11.7. The second kappa shape index (κ2) is 21.2. The van der Waals surface area contributed by atoms with Crippen molar-refractivity contribution >= 4 is 120 Å². The molecule has 0 fully saturated rings. The minimum Gasteiger partial charge on any atom is -0.258 e. The molecule has 0 aliphatic rings. The first-order valence-corrected chi connectivity index (χ1v) is 27.3. The SMILES string of the molecule is Cc1ccc(Sc2cc3c(cc2Sc2ccc(C)cc2)c2cc(Sc4ccc([N+](=O)[O-])cc4)c(Sc4ccc([N+](=O)[O-])cc4)cc2c2cc(Sc4ccc([N+](=O)[O-])cc4)c(Sc4ccc(C)cc4)cc32)cc1. The summed E-state index contributed by atoms with van der Waals surface area (Å²) in [5.41, 5.74) is 3.52. The Morgan fingerprint density at radius 2 is 0.417 bits per heavy atom. The van der Waals surface area contributed by atoms with E-state index in [4.69, 9.17) is 0 Å². The summed E-state index contributed by atoms with van der Waals surface area (Å²) >= 11 is 9.67. The third-order valence-corrected chi connectivity index (χ3v) is 18.5. The minimum atomic E-state index is -0.411. The fraction of sp³-hybridized carbons (Fsp3) is 0.0526. The first-order valence-electron chi connectivity index (χ1n) is 22.4. The number of fused-ring (bicyclic) bond motifs is 6. The van der Waals surface area contributed by atoms with Gasteiger partial charge in [0, 0.05) is 95.1 Å². The van der Waals surface area contributed by atoms with E-state index in [1.165, 1.54) is 71.0 Å². The summed E-state index contributed by atoms with van der Waals surface area (Å²) < 4.78 is 0. The number of hydrogen-bond acceptors (Lipinski definition) is 12. The van der Waals surface area contributed by atoms with Gasteiger partial charge >= 0.3 is 0 Å². The first kappa shape index (κ1) is 48.9. The van der Waals surface area contributed by atoms with Crippen molar-refractivity contribution in [2.45, 2.75) is 79.5 Å². The van der Waals surface area contributed by atoms with Crippen molar-refractivity contribution in [2.24, 2.45) is 0 Å². The van der Waals surface area contributed by atoms with Gasteiger partial charge in [0.15, 0.2) is 0 Å². The van der Waals surface area contributed by atoms with E-state index >= 15 is 0 Å². The number of benzene rings is 10. The Balaban J connectivity index is 1.27. The smallest absolute Gasteiger partial charge is 0.258 e. The van der Waals surface area contributed by atoms with Crippen molar-refractivity contribution < 1.29 is 14.8 Å². The quantitative estimate of drug-likeness (QED) is 0.0550. The molecule has 0 N–H and O–H groups in total. The Kier molecular flexibility index (Phi) is 14.4. The van der Waals surface area contributed by atoms with Crippen LogP contribution < -0.4 is 0 Å². The summed E-state index contributed by atoms with van der Waals surface area (Å²) in [5.74, 6) is 0. The largest absolute Gasteiger partial charge is 0.269 e. The van der Waals surface area contributed by atoms with E-state index in [2.05, 4.69) is 130 Å². The van der Waals surface area contributed by atoms with E-state index in [0.717, 1.165) is 96.6 Å². The summed E-state index contributed by atoms with van der Waals surface area (Å²) in [6.07, 6.45) is 0. The monoisotopic (exact) mass is 1050 g/mol. The third-order valence-electron chi connectivity index (χ3n) is 11.7. The zero-order valence-corrected chi connectivity index (χ0v) is 43.5. The lowest BCUT2D eigenvalue weighted by molar-refractivity contribution is -0.385. The highest BCUT2D eigenvalue weighted by atomic mass is 32.2. The summed E-state index contributed by atoms with van der Waals surface area (Å²) in [6, 6.07) is 58.9. The van der Waals surface area contributed by atoms with Gasteiger partial charge < -0.3 is 0 Å². The van der Waals surface area contributed by atoms with Crippen LogP contribution in [0.2, 0.25) is 0 Å². The molecule has 0 aromatic heterocycles. The van der Waals surface area contributed by atoms with Gasteiger partial charge in [-0.2, -0.15) is 0 Å². The Morgan fingerprint density at radius 1 is 0.264 bits per heavy atom. The molecule has 0 spiro atoms. The van der Waals surface area contributed by atoms with Crippen LogP contribution in [0, 0.1) is 51.1 Å². The molecule has 0 aliphatic heterocycles. The summed E-state index contributed by atoms with van der Waals surface area (Å²) in [4.78, 5) is 45.5. The summed E-state index contributed by atoms with van der Waals surface area (Å²) in [6.45, 7) is 6.24. The second-order valence-electron chi connectivity index (χ2n) is 16.8. The molecule has 354 valence electrons. The number of nitro groups is 3. The lowest BCUT2D eigenvalue weighted by atomic mass is 9.94. The van der Waals surface area contributed by atoms with Crippen molar-refractivity contribution in [3.63, 3.8) is 0 Å². The van der Waals surface area contributed by atoms with Crippen molar-refractivity contribution in [1.29, 1.82) is 0 Å². The average Bonchev–Trinajstić information content (AvgIpc) is 3.37. The second-order valence-corrected chi connectivity index (χ2v) is 23.5. The van der Waals surface area contributed by atoms with Crippen molar-refractivity contribution in [3.05, 3.63) is 229 Å². The number of hydrogen-bond donors (Lipinski definition) is 0. The van der Waals surface area contributed by atoms with Crippen LogP contribution in [-0.2, 0) is 0 Å². The van der Waals surface area contributed by atoms with Gasteiger partial charge in [0.1, 0.15) is 0 Å². The molecule has 0 saturated heterocycles. The van der Waals surface area contributed by atoms with Gasteiger partial charge in [0.2, 0.25) is 0 Å². The molecule has 10 rings (SSSR count).